The number of phenols is 1. The van der Waals surface area contributed by atoms with E-state index >= 15 is 0 Å². The number of hydrogen-bond acceptors (Lipinski definition) is 6. The Balaban J connectivity index is 0.000000575. The Morgan fingerprint density at radius 2 is 1.60 bits per heavy atom. The van der Waals surface area contributed by atoms with Gasteiger partial charge in [0.15, 0.2) is 0 Å². The maximum absolute atomic E-state index is 10.9. The monoisotopic (exact) mass is 437 g/mol. The molecule has 0 bridgehead atoms. The van der Waals surface area contributed by atoms with Gasteiger partial charge in [-0.25, -0.2) is 0 Å². The van der Waals surface area contributed by atoms with Crippen molar-refractivity contribution in [2.24, 2.45) is 0 Å². The maximum Gasteiger partial charge on any atom is 0.261 e. The van der Waals surface area contributed by atoms with Gasteiger partial charge in [0, 0.05) is 19.1 Å². The normalized spacial score (nSPS) is 18.7. The third kappa shape index (κ3) is 6.78. The van der Waals surface area contributed by atoms with Crippen molar-refractivity contribution in [3.63, 3.8) is 0 Å². The van der Waals surface area contributed by atoms with Crippen molar-refractivity contribution in [2.75, 3.05) is 19.3 Å². The van der Waals surface area contributed by atoms with Gasteiger partial charge in [0.25, 0.3) is 10.1 Å². The zero-order valence-electron chi connectivity index (χ0n) is 17.6. The zero-order valence-corrected chi connectivity index (χ0v) is 18.4. The summed E-state index contributed by atoms with van der Waals surface area (Å²) in [5, 5.41) is 31.3. The quantitative estimate of drug-likeness (QED) is 0.543. The smallest absolute Gasteiger partial charge is 0.261 e. The third-order valence-corrected chi connectivity index (χ3v) is 5.53. The van der Waals surface area contributed by atoms with E-state index in [-0.39, 0.29) is 11.8 Å². The predicted octanol–water partition coefficient (Wildman–Crippen LogP) is 2.61. The van der Waals surface area contributed by atoms with Gasteiger partial charge in [0.1, 0.15) is 5.75 Å². The van der Waals surface area contributed by atoms with Crippen LogP contribution in [0.15, 0.2) is 48.5 Å². The van der Waals surface area contributed by atoms with Crippen LogP contribution >= 0.6 is 0 Å². The highest BCUT2D eigenvalue weighted by Crippen LogP contribution is 2.35. The minimum absolute atomic E-state index is 0.0516. The number of hydrogen-bond donors (Lipinski definition) is 4. The molecule has 2 aromatic carbocycles. The number of phenolic OH excluding ortho intramolecular Hbond substituents is 1. The molecule has 1 fully saturated rings. The van der Waals surface area contributed by atoms with Crippen LogP contribution in [0.25, 0.3) is 0 Å². The van der Waals surface area contributed by atoms with Crippen LogP contribution < -0.4 is 0 Å². The van der Waals surface area contributed by atoms with Gasteiger partial charge in [-0.15, -0.1) is 0 Å². The van der Waals surface area contributed by atoms with E-state index in [2.05, 4.69) is 4.90 Å². The fourth-order valence-electron chi connectivity index (χ4n) is 3.68. The van der Waals surface area contributed by atoms with Crippen molar-refractivity contribution in [1.82, 2.24) is 4.90 Å². The topological polar surface area (TPSA) is 118 Å². The molecule has 0 radical (unpaired) electrons. The van der Waals surface area contributed by atoms with E-state index in [1.54, 1.807) is 12.1 Å². The van der Waals surface area contributed by atoms with E-state index in [9.17, 15) is 23.7 Å². The van der Waals surface area contributed by atoms with Gasteiger partial charge < -0.3 is 15.3 Å². The van der Waals surface area contributed by atoms with Gasteiger partial charge in [-0.05, 0) is 55.5 Å². The average Bonchev–Trinajstić information content (AvgIpc) is 2.69. The lowest BCUT2D eigenvalue weighted by Gasteiger charge is -2.42. The van der Waals surface area contributed by atoms with Crippen LogP contribution in [0.1, 0.15) is 42.6 Å². The molecule has 0 saturated carbocycles. The Hall–Kier alpha value is -1.97. The molecule has 8 heteroatoms. The Labute approximate surface area is 178 Å². The number of aromatic hydroxyl groups is 1. The van der Waals surface area contributed by atoms with Crippen LogP contribution in [0.5, 0.6) is 5.75 Å². The molecule has 1 saturated heterocycles. The van der Waals surface area contributed by atoms with E-state index in [1.807, 2.05) is 50.2 Å². The fraction of sp³-hybridized carbons (Fsp3) is 0.455. The number of rotatable bonds is 4. The number of nitrogens with zero attached hydrogens (tertiary/aromatic N) is 1. The molecular weight excluding hydrogens is 406 g/mol. The van der Waals surface area contributed by atoms with Crippen molar-refractivity contribution in [3.05, 3.63) is 65.2 Å². The lowest BCUT2D eigenvalue weighted by molar-refractivity contribution is -0.0501. The lowest BCUT2D eigenvalue weighted by Crippen LogP contribution is -2.47. The maximum atomic E-state index is 10.9. The number of aryl methyl sites for hydroxylation is 1. The Morgan fingerprint density at radius 1 is 1.07 bits per heavy atom. The minimum atomic E-state index is -3.67. The third-order valence-electron chi connectivity index (χ3n) is 5.53. The minimum Gasteiger partial charge on any atom is -0.508 e. The van der Waals surface area contributed by atoms with Gasteiger partial charge in [0.05, 0.1) is 18.0 Å². The molecule has 166 valence electrons. The number of benzene rings is 2. The number of aliphatic hydroxyl groups is 2. The van der Waals surface area contributed by atoms with Crippen molar-refractivity contribution in [1.29, 1.82) is 0 Å². The highest BCUT2D eigenvalue weighted by atomic mass is 32.2. The summed E-state index contributed by atoms with van der Waals surface area (Å²) in [6, 6.07) is 15.0. The number of aliphatic hydroxyl groups excluding tert-OH is 1. The molecule has 1 heterocycles. The van der Waals surface area contributed by atoms with Crippen LogP contribution in [0, 0.1) is 6.92 Å². The standard InChI is InChI=1S/C21H27NO3.CH4O3S/c1-15-14-17(8-9-19(15)23)20(24)16(2)22-12-10-21(25,11-13-22)18-6-4-3-5-7-18;1-5(2,3)4/h3-9,14,16,20,23-25H,10-13H2,1-2H3;1H3,(H,2,3,4). The molecule has 1 aliphatic heterocycles. The van der Waals surface area contributed by atoms with Gasteiger partial charge in [-0.3, -0.25) is 9.45 Å². The number of likely N-dealkylation sites (tertiary alicyclic amines) is 1. The molecule has 0 aromatic heterocycles. The summed E-state index contributed by atoms with van der Waals surface area (Å²) < 4.78 is 25.9. The summed E-state index contributed by atoms with van der Waals surface area (Å²) >= 11 is 0. The molecule has 2 atom stereocenters. The molecular formula is C22H31NO6S. The average molecular weight is 438 g/mol. The fourth-order valence-corrected chi connectivity index (χ4v) is 3.68. The van der Waals surface area contributed by atoms with Crippen molar-refractivity contribution >= 4 is 10.1 Å². The second-order valence-corrected chi connectivity index (χ2v) is 9.36. The van der Waals surface area contributed by atoms with Crippen LogP contribution in [0.4, 0.5) is 0 Å². The van der Waals surface area contributed by atoms with Crippen molar-refractivity contribution in [2.45, 2.75) is 44.4 Å². The molecule has 1 aliphatic rings. The van der Waals surface area contributed by atoms with E-state index < -0.39 is 21.8 Å². The van der Waals surface area contributed by atoms with Gasteiger partial charge in [0.2, 0.25) is 0 Å². The summed E-state index contributed by atoms with van der Waals surface area (Å²) in [6.07, 6.45) is 1.40. The highest BCUT2D eigenvalue weighted by molar-refractivity contribution is 7.85. The predicted molar refractivity (Wildman–Crippen MR) is 116 cm³/mol. The SMILES string of the molecule is CS(=O)(=O)O.Cc1cc(C(O)C(C)N2CCC(O)(c3ccccc3)CC2)ccc1O. The van der Waals surface area contributed by atoms with Gasteiger partial charge in [-0.2, -0.15) is 8.42 Å². The second kappa shape index (κ2) is 9.89. The van der Waals surface area contributed by atoms with Crippen LogP contribution in [-0.4, -0.2) is 58.6 Å². The molecule has 0 amide bonds. The summed E-state index contributed by atoms with van der Waals surface area (Å²) in [5.41, 5.74) is 1.77. The number of piperidine rings is 1. The van der Waals surface area contributed by atoms with E-state index in [0.29, 0.717) is 19.1 Å². The highest BCUT2D eigenvalue weighted by Gasteiger charge is 2.36. The largest absolute Gasteiger partial charge is 0.508 e. The first-order valence-electron chi connectivity index (χ1n) is 9.83. The second-order valence-electron chi connectivity index (χ2n) is 7.90. The van der Waals surface area contributed by atoms with E-state index in [4.69, 9.17) is 4.55 Å². The zero-order chi connectivity index (χ0) is 22.5. The first-order chi connectivity index (χ1) is 13.9. The molecule has 0 aliphatic carbocycles. The lowest BCUT2D eigenvalue weighted by atomic mass is 9.83. The molecule has 0 spiro atoms. The van der Waals surface area contributed by atoms with Gasteiger partial charge in [-0.1, -0.05) is 36.4 Å². The van der Waals surface area contributed by atoms with Crippen LogP contribution in [-0.2, 0) is 15.7 Å². The van der Waals surface area contributed by atoms with Gasteiger partial charge >= 0.3 is 0 Å². The summed E-state index contributed by atoms with van der Waals surface area (Å²) in [7, 11) is -3.67. The Morgan fingerprint density at radius 3 is 2.10 bits per heavy atom. The first kappa shape index (κ1) is 24.3. The first-order valence-corrected chi connectivity index (χ1v) is 11.7. The molecule has 2 unspecified atom stereocenters. The molecule has 4 N–H and O–H groups in total. The van der Waals surface area contributed by atoms with Crippen molar-refractivity contribution < 1.29 is 28.3 Å². The van der Waals surface area contributed by atoms with Crippen molar-refractivity contribution in [3.8, 4) is 5.75 Å². The molecule has 3 rings (SSSR count). The Kier molecular flexibility index (Phi) is 8.01. The summed E-state index contributed by atoms with van der Waals surface area (Å²) in [6.45, 7) is 5.32. The molecule has 7 nitrogen and oxygen atoms in total. The molecule has 30 heavy (non-hydrogen) atoms. The summed E-state index contributed by atoms with van der Waals surface area (Å²) in [4.78, 5) is 2.23. The van der Waals surface area contributed by atoms with E-state index in [0.717, 1.165) is 29.8 Å². The summed E-state index contributed by atoms with van der Waals surface area (Å²) in [5.74, 6) is 0.245. The van der Waals surface area contributed by atoms with Crippen LogP contribution in [0.2, 0.25) is 0 Å². The molecule has 2 aromatic rings. The Bertz CT molecular complexity index is 916. The van der Waals surface area contributed by atoms with E-state index in [1.165, 1.54) is 0 Å². The van der Waals surface area contributed by atoms with Crippen LogP contribution in [0.3, 0.4) is 0 Å².